The average molecular weight is 863 g/mol. The first-order chi connectivity index (χ1) is 29.8. The molecule has 0 aromatic carbocycles. The van der Waals surface area contributed by atoms with Gasteiger partial charge in [0.1, 0.15) is 13.2 Å². The van der Waals surface area contributed by atoms with E-state index in [1.807, 2.05) is 0 Å². The van der Waals surface area contributed by atoms with Crippen molar-refractivity contribution in [3.63, 3.8) is 0 Å². The summed E-state index contributed by atoms with van der Waals surface area (Å²) >= 11 is 0. The Labute approximate surface area is 380 Å². The van der Waals surface area contributed by atoms with Crippen LogP contribution in [0.4, 0.5) is 0 Å². The van der Waals surface area contributed by atoms with Crippen molar-refractivity contribution in [2.24, 2.45) is 11.8 Å². The van der Waals surface area contributed by atoms with Crippen molar-refractivity contribution in [2.75, 3.05) is 13.2 Å². The molecule has 0 N–H and O–H groups in total. The molecule has 0 bridgehead atoms. The van der Waals surface area contributed by atoms with Crippen molar-refractivity contribution >= 4 is 17.9 Å². The molecular formula is C55H106O6. The Bertz CT molecular complexity index is 933. The summed E-state index contributed by atoms with van der Waals surface area (Å²) in [5, 5.41) is 0. The lowest BCUT2D eigenvalue weighted by Gasteiger charge is -2.18. The second-order valence-corrected chi connectivity index (χ2v) is 19.6. The Hall–Kier alpha value is -1.59. The van der Waals surface area contributed by atoms with Crippen LogP contribution in [0.5, 0.6) is 0 Å². The van der Waals surface area contributed by atoms with Crippen molar-refractivity contribution in [3.05, 3.63) is 0 Å². The zero-order chi connectivity index (χ0) is 44.7. The lowest BCUT2D eigenvalue weighted by Crippen LogP contribution is -2.30. The van der Waals surface area contributed by atoms with E-state index >= 15 is 0 Å². The number of ether oxygens (including phenoxy) is 3. The molecule has 362 valence electrons. The summed E-state index contributed by atoms with van der Waals surface area (Å²) in [6.45, 7) is 11.4. The molecule has 0 spiro atoms. The van der Waals surface area contributed by atoms with E-state index in [-0.39, 0.29) is 31.1 Å². The number of carbonyl (C=O) groups is 3. The van der Waals surface area contributed by atoms with Gasteiger partial charge in [0.2, 0.25) is 0 Å². The first-order valence-electron chi connectivity index (χ1n) is 27.3. The van der Waals surface area contributed by atoms with Crippen LogP contribution >= 0.6 is 0 Å². The van der Waals surface area contributed by atoms with Gasteiger partial charge in [0.15, 0.2) is 6.10 Å². The van der Waals surface area contributed by atoms with Crippen molar-refractivity contribution in [1.29, 1.82) is 0 Å². The highest BCUT2D eigenvalue weighted by atomic mass is 16.6. The third kappa shape index (κ3) is 47.7. The molecular weight excluding hydrogens is 757 g/mol. The second kappa shape index (κ2) is 47.9. The van der Waals surface area contributed by atoms with Crippen LogP contribution in [0.1, 0.15) is 304 Å². The largest absolute Gasteiger partial charge is 0.462 e. The van der Waals surface area contributed by atoms with Crippen molar-refractivity contribution in [1.82, 2.24) is 0 Å². The van der Waals surface area contributed by atoms with E-state index in [4.69, 9.17) is 14.2 Å². The minimum absolute atomic E-state index is 0.0635. The standard InChI is InChI=1S/C55H106O6/c1-6-8-9-10-11-12-13-14-18-22-25-32-37-42-47-55(58)61-52(49-60-54(57)46-41-36-31-27-26-28-33-38-43-50(3)4)48-59-53(56)45-40-35-30-24-21-19-16-15-17-20-23-29-34-39-44-51(5)7-2/h50-52H,6-49H2,1-5H3/t51?,52-/m0/s1. The molecule has 0 rings (SSSR count). The number of carbonyl (C=O) groups excluding carboxylic acids is 3. The van der Waals surface area contributed by atoms with Gasteiger partial charge in [-0.25, -0.2) is 0 Å². The molecule has 0 amide bonds. The molecule has 2 atom stereocenters. The lowest BCUT2D eigenvalue weighted by atomic mass is 9.99. The average Bonchev–Trinajstić information content (AvgIpc) is 3.24. The van der Waals surface area contributed by atoms with Gasteiger partial charge in [-0.05, 0) is 31.1 Å². The van der Waals surface area contributed by atoms with Crippen LogP contribution in [-0.4, -0.2) is 37.2 Å². The molecule has 0 aromatic heterocycles. The van der Waals surface area contributed by atoms with Crippen LogP contribution in [0.15, 0.2) is 0 Å². The third-order valence-electron chi connectivity index (χ3n) is 12.8. The van der Waals surface area contributed by atoms with Gasteiger partial charge in [-0.3, -0.25) is 14.4 Å². The van der Waals surface area contributed by atoms with E-state index in [1.54, 1.807) is 0 Å². The fourth-order valence-electron chi connectivity index (χ4n) is 8.31. The van der Waals surface area contributed by atoms with Crippen molar-refractivity contribution < 1.29 is 28.6 Å². The molecule has 0 aliphatic rings. The van der Waals surface area contributed by atoms with Crippen LogP contribution in [0.2, 0.25) is 0 Å². The molecule has 6 nitrogen and oxygen atoms in total. The van der Waals surface area contributed by atoms with Crippen LogP contribution in [0, 0.1) is 11.8 Å². The van der Waals surface area contributed by atoms with Crippen molar-refractivity contribution in [3.8, 4) is 0 Å². The molecule has 0 heterocycles. The van der Waals surface area contributed by atoms with E-state index in [9.17, 15) is 14.4 Å². The quantitative estimate of drug-likeness (QED) is 0.0344. The monoisotopic (exact) mass is 863 g/mol. The highest BCUT2D eigenvalue weighted by molar-refractivity contribution is 5.71. The molecule has 61 heavy (non-hydrogen) atoms. The minimum atomic E-state index is -0.762. The second-order valence-electron chi connectivity index (χ2n) is 19.6. The predicted molar refractivity (Wildman–Crippen MR) is 261 cm³/mol. The molecule has 0 radical (unpaired) electrons. The zero-order valence-electron chi connectivity index (χ0n) is 41.8. The Morgan fingerprint density at radius 1 is 0.344 bits per heavy atom. The first kappa shape index (κ1) is 59.4. The van der Waals surface area contributed by atoms with E-state index in [1.165, 1.54) is 193 Å². The third-order valence-corrected chi connectivity index (χ3v) is 12.8. The Balaban J connectivity index is 4.28. The maximum absolute atomic E-state index is 12.8. The van der Waals surface area contributed by atoms with Crippen LogP contribution < -0.4 is 0 Å². The SMILES string of the molecule is CCCCCCCCCCCCCCCCC(=O)O[C@@H](COC(=O)CCCCCCCCCCCCCCCCC(C)CC)COC(=O)CCCCCCCCCCC(C)C. The van der Waals surface area contributed by atoms with E-state index in [0.29, 0.717) is 19.3 Å². The van der Waals surface area contributed by atoms with E-state index in [0.717, 1.165) is 69.6 Å². The van der Waals surface area contributed by atoms with Crippen LogP contribution in [0.25, 0.3) is 0 Å². The topological polar surface area (TPSA) is 78.9 Å². The predicted octanol–water partition coefficient (Wildman–Crippen LogP) is 17.7. The van der Waals surface area contributed by atoms with Gasteiger partial charge in [0.25, 0.3) is 0 Å². The fraction of sp³-hybridized carbons (Fsp3) is 0.945. The molecule has 6 heteroatoms. The molecule has 0 saturated heterocycles. The molecule has 0 aliphatic carbocycles. The molecule has 0 aliphatic heterocycles. The van der Waals surface area contributed by atoms with Gasteiger partial charge in [-0.2, -0.15) is 0 Å². The normalized spacial score (nSPS) is 12.5. The van der Waals surface area contributed by atoms with Gasteiger partial charge in [-0.15, -0.1) is 0 Å². The smallest absolute Gasteiger partial charge is 0.306 e. The van der Waals surface area contributed by atoms with Gasteiger partial charge < -0.3 is 14.2 Å². The zero-order valence-corrected chi connectivity index (χ0v) is 41.8. The summed E-state index contributed by atoms with van der Waals surface area (Å²) in [7, 11) is 0. The van der Waals surface area contributed by atoms with Gasteiger partial charge in [-0.1, -0.05) is 266 Å². The lowest BCUT2D eigenvalue weighted by molar-refractivity contribution is -0.167. The Kier molecular flexibility index (Phi) is 46.6. The molecule has 1 unspecified atom stereocenters. The Morgan fingerprint density at radius 2 is 0.623 bits per heavy atom. The molecule has 0 fully saturated rings. The summed E-state index contributed by atoms with van der Waals surface area (Å²) in [4.78, 5) is 38.0. The summed E-state index contributed by atoms with van der Waals surface area (Å²) < 4.78 is 16.8. The maximum Gasteiger partial charge on any atom is 0.306 e. The number of esters is 3. The number of hydrogen-bond donors (Lipinski definition) is 0. The van der Waals surface area contributed by atoms with Gasteiger partial charge in [0.05, 0.1) is 0 Å². The summed E-state index contributed by atoms with van der Waals surface area (Å²) in [5.41, 5.74) is 0. The number of unbranched alkanes of at least 4 members (excludes halogenated alkanes) is 33. The first-order valence-corrected chi connectivity index (χ1v) is 27.3. The van der Waals surface area contributed by atoms with Gasteiger partial charge in [0, 0.05) is 19.3 Å². The van der Waals surface area contributed by atoms with Crippen LogP contribution in [0.3, 0.4) is 0 Å². The van der Waals surface area contributed by atoms with Crippen molar-refractivity contribution in [2.45, 2.75) is 310 Å². The minimum Gasteiger partial charge on any atom is -0.462 e. The molecule has 0 saturated carbocycles. The number of hydrogen-bond acceptors (Lipinski definition) is 6. The highest BCUT2D eigenvalue weighted by Gasteiger charge is 2.19. The highest BCUT2D eigenvalue weighted by Crippen LogP contribution is 2.18. The molecule has 0 aromatic rings. The number of rotatable bonds is 49. The summed E-state index contributed by atoms with van der Waals surface area (Å²) in [6.07, 6.45) is 49.4. The Morgan fingerprint density at radius 3 is 0.934 bits per heavy atom. The summed E-state index contributed by atoms with van der Waals surface area (Å²) in [5.74, 6) is 0.846. The van der Waals surface area contributed by atoms with E-state index in [2.05, 4.69) is 34.6 Å². The van der Waals surface area contributed by atoms with E-state index < -0.39 is 6.10 Å². The van der Waals surface area contributed by atoms with Gasteiger partial charge >= 0.3 is 17.9 Å². The fourth-order valence-corrected chi connectivity index (χ4v) is 8.31. The maximum atomic E-state index is 12.8. The van der Waals surface area contributed by atoms with Crippen LogP contribution in [-0.2, 0) is 28.6 Å². The summed E-state index contributed by atoms with van der Waals surface area (Å²) in [6, 6.07) is 0.